The van der Waals surface area contributed by atoms with Gasteiger partial charge in [0, 0.05) is 24.4 Å². The van der Waals surface area contributed by atoms with Gasteiger partial charge in [-0.1, -0.05) is 6.07 Å². The molecule has 17 heavy (non-hydrogen) atoms. The Morgan fingerprint density at radius 3 is 2.59 bits per heavy atom. The van der Waals surface area contributed by atoms with Crippen LogP contribution in [0.3, 0.4) is 0 Å². The van der Waals surface area contributed by atoms with Crippen LogP contribution in [0.2, 0.25) is 0 Å². The number of alkyl halides is 1. The van der Waals surface area contributed by atoms with E-state index in [1.54, 1.807) is 0 Å². The van der Waals surface area contributed by atoms with Gasteiger partial charge in [-0.15, -0.1) is 0 Å². The second-order valence-electron chi connectivity index (χ2n) is 4.53. The van der Waals surface area contributed by atoms with E-state index in [-0.39, 0.29) is 17.9 Å². The molecule has 1 nitrogen and oxygen atoms in total. The lowest BCUT2D eigenvalue weighted by atomic mass is 9.90. The van der Waals surface area contributed by atoms with Crippen molar-refractivity contribution in [2.24, 2.45) is 5.92 Å². The fourth-order valence-corrected chi connectivity index (χ4v) is 2.28. The molecule has 1 aliphatic heterocycles. The Balaban J connectivity index is 2.04. The van der Waals surface area contributed by atoms with Gasteiger partial charge in [0.15, 0.2) is 0 Å². The summed E-state index contributed by atoms with van der Waals surface area (Å²) >= 11 is 0. The van der Waals surface area contributed by atoms with Crippen molar-refractivity contribution in [3.8, 4) is 0 Å². The van der Waals surface area contributed by atoms with E-state index in [0.717, 1.165) is 19.4 Å². The lowest BCUT2D eigenvalue weighted by Crippen LogP contribution is -2.36. The lowest BCUT2D eigenvalue weighted by molar-refractivity contribution is 0.188. The molecule has 0 saturated carbocycles. The predicted molar refractivity (Wildman–Crippen MR) is 60.6 cm³/mol. The molecule has 0 spiro atoms. The molecule has 2 rings (SSSR count). The fraction of sp³-hybridized carbons (Fsp3) is 0.538. The Hall–Kier alpha value is -1.03. The number of benzene rings is 1. The summed E-state index contributed by atoms with van der Waals surface area (Å²) in [5, 5.41) is 3.10. The standard InChI is InChI=1S/C13H16F3N/c14-11-4-1-5-12(15)10(11)7-13(16)9-3-2-6-17-8-9/h1,4-5,9,13,17H,2-3,6-8H2. The summed E-state index contributed by atoms with van der Waals surface area (Å²) in [5.41, 5.74) is -0.134. The molecule has 4 heteroatoms. The maximum absolute atomic E-state index is 14.0. The summed E-state index contributed by atoms with van der Waals surface area (Å²) in [6.45, 7) is 1.49. The highest BCUT2D eigenvalue weighted by Gasteiger charge is 2.25. The molecule has 1 heterocycles. The van der Waals surface area contributed by atoms with Crippen molar-refractivity contribution >= 4 is 0 Å². The monoisotopic (exact) mass is 243 g/mol. The second-order valence-corrected chi connectivity index (χ2v) is 4.53. The molecule has 2 atom stereocenters. The van der Waals surface area contributed by atoms with Crippen LogP contribution in [0.5, 0.6) is 0 Å². The van der Waals surface area contributed by atoms with Crippen molar-refractivity contribution in [2.75, 3.05) is 13.1 Å². The maximum atomic E-state index is 14.0. The van der Waals surface area contributed by atoms with Crippen LogP contribution in [-0.2, 0) is 6.42 Å². The third-order valence-corrected chi connectivity index (χ3v) is 3.31. The van der Waals surface area contributed by atoms with Crippen molar-refractivity contribution in [2.45, 2.75) is 25.4 Å². The zero-order chi connectivity index (χ0) is 12.3. The minimum absolute atomic E-state index is 0.134. The van der Waals surface area contributed by atoms with E-state index in [4.69, 9.17) is 0 Å². The molecule has 2 unspecified atom stereocenters. The molecule has 0 aliphatic carbocycles. The van der Waals surface area contributed by atoms with Crippen LogP contribution in [0.4, 0.5) is 13.2 Å². The predicted octanol–water partition coefficient (Wildman–Crippen LogP) is 2.85. The summed E-state index contributed by atoms with van der Waals surface area (Å²) in [4.78, 5) is 0. The molecular weight excluding hydrogens is 227 g/mol. The Labute approximate surface area is 99.0 Å². The van der Waals surface area contributed by atoms with Crippen LogP contribution in [0, 0.1) is 17.6 Å². The summed E-state index contributed by atoms with van der Waals surface area (Å²) in [6.07, 6.45) is 0.342. The van der Waals surface area contributed by atoms with E-state index in [2.05, 4.69) is 5.32 Å². The first-order chi connectivity index (χ1) is 8.18. The SMILES string of the molecule is Fc1cccc(F)c1CC(F)C1CCCNC1. The van der Waals surface area contributed by atoms with Gasteiger partial charge in [0.2, 0.25) is 0 Å². The van der Waals surface area contributed by atoms with Crippen molar-refractivity contribution in [1.29, 1.82) is 0 Å². The Bertz CT molecular complexity index is 355. The third kappa shape index (κ3) is 3.00. The van der Waals surface area contributed by atoms with Gasteiger partial charge in [0.1, 0.15) is 17.8 Å². The van der Waals surface area contributed by atoms with Crippen LogP contribution in [0.25, 0.3) is 0 Å². The molecule has 1 aromatic carbocycles. The normalized spacial score (nSPS) is 22.4. The Kier molecular flexibility index (Phi) is 4.05. The van der Waals surface area contributed by atoms with Crippen molar-refractivity contribution in [3.63, 3.8) is 0 Å². The van der Waals surface area contributed by atoms with Crippen LogP contribution in [-0.4, -0.2) is 19.3 Å². The highest BCUT2D eigenvalue weighted by atomic mass is 19.1. The first-order valence-electron chi connectivity index (χ1n) is 5.96. The first-order valence-corrected chi connectivity index (χ1v) is 5.96. The summed E-state index contributed by atoms with van der Waals surface area (Å²) in [7, 11) is 0. The molecule has 1 fully saturated rings. The molecule has 94 valence electrons. The van der Waals surface area contributed by atoms with Gasteiger partial charge in [0.25, 0.3) is 0 Å². The molecule has 1 aliphatic rings. The first kappa shape index (κ1) is 12.4. The number of hydrogen-bond donors (Lipinski definition) is 1. The summed E-state index contributed by atoms with van der Waals surface area (Å²) < 4.78 is 40.7. The van der Waals surface area contributed by atoms with Gasteiger partial charge in [-0.3, -0.25) is 0 Å². The van der Waals surface area contributed by atoms with Crippen molar-refractivity contribution in [1.82, 2.24) is 5.32 Å². The number of halogens is 3. The van der Waals surface area contributed by atoms with Crippen LogP contribution in [0.15, 0.2) is 18.2 Å². The lowest BCUT2D eigenvalue weighted by Gasteiger charge is -2.26. The molecule has 0 bridgehead atoms. The van der Waals surface area contributed by atoms with E-state index < -0.39 is 17.8 Å². The van der Waals surface area contributed by atoms with E-state index >= 15 is 0 Å². The smallest absolute Gasteiger partial charge is 0.129 e. The van der Waals surface area contributed by atoms with Crippen LogP contribution < -0.4 is 5.32 Å². The molecule has 0 amide bonds. The molecule has 1 aromatic rings. The molecule has 0 aromatic heterocycles. The Morgan fingerprint density at radius 1 is 1.29 bits per heavy atom. The van der Waals surface area contributed by atoms with Gasteiger partial charge >= 0.3 is 0 Å². The average molecular weight is 243 g/mol. The van der Waals surface area contributed by atoms with E-state index in [1.165, 1.54) is 18.2 Å². The number of rotatable bonds is 3. The highest BCUT2D eigenvalue weighted by molar-refractivity contribution is 5.20. The second kappa shape index (κ2) is 5.54. The Morgan fingerprint density at radius 2 is 2.00 bits per heavy atom. The van der Waals surface area contributed by atoms with Crippen molar-refractivity contribution in [3.05, 3.63) is 35.4 Å². The topological polar surface area (TPSA) is 12.0 Å². The molecular formula is C13H16F3N. The van der Waals surface area contributed by atoms with Crippen LogP contribution in [0.1, 0.15) is 18.4 Å². The van der Waals surface area contributed by atoms with Gasteiger partial charge in [-0.05, 0) is 31.5 Å². The zero-order valence-electron chi connectivity index (χ0n) is 9.56. The van der Waals surface area contributed by atoms with Gasteiger partial charge in [0.05, 0.1) is 0 Å². The summed E-state index contributed by atoms with van der Waals surface area (Å²) in [5.74, 6) is -1.45. The van der Waals surface area contributed by atoms with Gasteiger partial charge in [-0.2, -0.15) is 0 Å². The number of hydrogen-bond acceptors (Lipinski definition) is 1. The van der Waals surface area contributed by atoms with Gasteiger partial charge in [-0.25, -0.2) is 13.2 Å². The van der Waals surface area contributed by atoms with E-state index in [9.17, 15) is 13.2 Å². The molecule has 1 N–H and O–H groups in total. The van der Waals surface area contributed by atoms with E-state index in [1.807, 2.05) is 0 Å². The average Bonchev–Trinajstić information content (AvgIpc) is 2.35. The minimum atomic E-state index is -1.19. The number of piperidine rings is 1. The number of nitrogens with one attached hydrogen (secondary N) is 1. The van der Waals surface area contributed by atoms with Crippen molar-refractivity contribution < 1.29 is 13.2 Å². The quantitative estimate of drug-likeness (QED) is 0.860. The molecule has 1 saturated heterocycles. The fourth-order valence-electron chi connectivity index (χ4n) is 2.28. The zero-order valence-corrected chi connectivity index (χ0v) is 9.56. The largest absolute Gasteiger partial charge is 0.316 e. The molecule has 0 radical (unpaired) electrons. The third-order valence-electron chi connectivity index (χ3n) is 3.31. The summed E-state index contributed by atoms with van der Waals surface area (Å²) in [6, 6.07) is 3.64. The van der Waals surface area contributed by atoms with Gasteiger partial charge < -0.3 is 5.32 Å². The highest BCUT2D eigenvalue weighted by Crippen LogP contribution is 2.23. The van der Waals surface area contributed by atoms with Crippen LogP contribution >= 0.6 is 0 Å². The minimum Gasteiger partial charge on any atom is -0.316 e. The maximum Gasteiger partial charge on any atom is 0.129 e. The van der Waals surface area contributed by atoms with E-state index in [0.29, 0.717) is 6.54 Å².